The summed E-state index contributed by atoms with van der Waals surface area (Å²) in [6.07, 6.45) is 0.785. The summed E-state index contributed by atoms with van der Waals surface area (Å²) in [5.74, 6) is -0.512. The van der Waals surface area contributed by atoms with Crippen LogP contribution in [-0.2, 0) is 14.3 Å². The molecule has 196 valence electrons. The summed E-state index contributed by atoms with van der Waals surface area (Å²) in [5.41, 5.74) is 1.04. The Hall–Kier alpha value is -3.56. The minimum Gasteiger partial charge on any atom is -0.444 e. The number of benzene rings is 2. The van der Waals surface area contributed by atoms with Gasteiger partial charge in [-0.05, 0) is 38.5 Å². The zero-order chi connectivity index (χ0) is 27.0. The molecule has 1 heterocycles. The maximum atomic E-state index is 13.1. The van der Waals surface area contributed by atoms with Gasteiger partial charge in [0.15, 0.2) is 10.6 Å². The second kappa shape index (κ2) is 12.6. The molecule has 0 aliphatic carbocycles. The molecule has 0 radical (unpaired) electrons. The monoisotopic (exact) mass is 546 g/mol. The quantitative estimate of drug-likeness (QED) is 0.370. The van der Waals surface area contributed by atoms with E-state index in [1.165, 1.54) is 11.1 Å². The van der Waals surface area contributed by atoms with Crippen molar-refractivity contribution in [1.82, 2.24) is 15.8 Å². The molecule has 2 aromatic carbocycles. The fraction of sp³-hybridized carbons (Fsp3) is 0.308. The van der Waals surface area contributed by atoms with Gasteiger partial charge >= 0.3 is 6.09 Å². The molecule has 1 atom stereocenters. The van der Waals surface area contributed by atoms with Crippen molar-refractivity contribution < 1.29 is 23.6 Å². The first-order valence-corrected chi connectivity index (χ1v) is 12.4. The molecule has 0 fully saturated rings. The van der Waals surface area contributed by atoms with Gasteiger partial charge < -0.3 is 24.8 Å². The number of ether oxygens (including phenoxy) is 1. The van der Waals surface area contributed by atoms with Crippen LogP contribution >= 0.6 is 23.2 Å². The van der Waals surface area contributed by atoms with Crippen LogP contribution in [0, 0.1) is 0 Å². The molecular formula is C26H28Cl2N4O5. The molecule has 1 aromatic heterocycles. The summed E-state index contributed by atoms with van der Waals surface area (Å²) >= 11 is 11.8. The van der Waals surface area contributed by atoms with Crippen LogP contribution in [0.4, 0.5) is 10.5 Å². The number of anilines is 1. The fourth-order valence-electron chi connectivity index (χ4n) is 3.44. The van der Waals surface area contributed by atoms with Crippen LogP contribution in [0.25, 0.3) is 11.3 Å². The van der Waals surface area contributed by atoms with Gasteiger partial charge in [-0.2, -0.15) is 0 Å². The minimum absolute atomic E-state index is 0.0525. The SMILES string of the molecule is CC(C)(C)OC(=O)NC(C(=O)NCCN(C(=O)C(Cl)Cl)c1cccc(-c2ccno2)c1)c1ccccc1. The summed E-state index contributed by atoms with van der Waals surface area (Å²) in [5, 5.41) is 9.08. The van der Waals surface area contributed by atoms with Crippen LogP contribution in [0.1, 0.15) is 32.4 Å². The molecule has 3 aromatic rings. The summed E-state index contributed by atoms with van der Waals surface area (Å²) < 4.78 is 10.5. The molecule has 0 aliphatic rings. The first-order chi connectivity index (χ1) is 17.5. The minimum atomic E-state index is -1.31. The highest BCUT2D eigenvalue weighted by atomic mass is 35.5. The van der Waals surface area contributed by atoms with Crippen LogP contribution in [-0.4, -0.2) is 46.6 Å². The Kier molecular flexibility index (Phi) is 9.54. The van der Waals surface area contributed by atoms with E-state index in [0.29, 0.717) is 22.6 Å². The summed E-state index contributed by atoms with van der Waals surface area (Å²) in [7, 11) is 0. The maximum Gasteiger partial charge on any atom is 0.408 e. The van der Waals surface area contributed by atoms with Crippen molar-refractivity contribution >= 4 is 46.8 Å². The topological polar surface area (TPSA) is 114 Å². The molecule has 0 aliphatic heterocycles. The van der Waals surface area contributed by atoms with Gasteiger partial charge in [0.2, 0.25) is 5.91 Å². The zero-order valence-corrected chi connectivity index (χ0v) is 22.1. The van der Waals surface area contributed by atoms with Gasteiger partial charge in [0.1, 0.15) is 11.6 Å². The van der Waals surface area contributed by atoms with Crippen molar-refractivity contribution in [2.75, 3.05) is 18.0 Å². The van der Waals surface area contributed by atoms with E-state index in [0.717, 1.165) is 0 Å². The molecular weight excluding hydrogens is 519 g/mol. The first kappa shape index (κ1) is 28.0. The average molecular weight is 547 g/mol. The van der Waals surface area contributed by atoms with Gasteiger partial charge in [-0.3, -0.25) is 9.59 Å². The highest BCUT2D eigenvalue weighted by Gasteiger charge is 2.27. The van der Waals surface area contributed by atoms with E-state index >= 15 is 0 Å². The van der Waals surface area contributed by atoms with Crippen molar-refractivity contribution in [3.8, 4) is 11.3 Å². The summed E-state index contributed by atoms with van der Waals surface area (Å²) in [4.78, 5) is 38.4. The maximum absolute atomic E-state index is 13.1. The second-order valence-corrected chi connectivity index (χ2v) is 10.1. The summed E-state index contributed by atoms with van der Waals surface area (Å²) in [6, 6.07) is 16.4. The third kappa shape index (κ3) is 8.23. The van der Waals surface area contributed by atoms with Gasteiger partial charge in [0, 0.05) is 30.4 Å². The third-order valence-electron chi connectivity index (χ3n) is 5.02. The Bertz CT molecular complexity index is 1200. The molecule has 2 N–H and O–H groups in total. The molecule has 3 rings (SSSR count). The number of halogens is 2. The molecule has 9 nitrogen and oxygen atoms in total. The number of hydrogen-bond acceptors (Lipinski definition) is 6. The molecule has 0 saturated carbocycles. The predicted molar refractivity (Wildman–Crippen MR) is 141 cm³/mol. The lowest BCUT2D eigenvalue weighted by Gasteiger charge is -2.26. The van der Waals surface area contributed by atoms with E-state index in [9.17, 15) is 14.4 Å². The lowest BCUT2D eigenvalue weighted by Crippen LogP contribution is -2.45. The van der Waals surface area contributed by atoms with E-state index in [4.69, 9.17) is 32.5 Å². The van der Waals surface area contributed by atoms with Gasteiger partial charge in [0.05, 0.1) is 6.20 Å². The average Bonchev–Trinajstić information content (AvgIpc) is 3.39. The number of hydrogen-bond donors (Lipinski definition) is 2. The van der Waals surface area contributed by atoms with Crippen molar-refractivity contribution in [2.45, 2.75) is 37.3 Å². The largest absolute Gasteiger partial charge is 0.444 e. The van der Waals surface area contributed by atoms with Gasteiger partial charge in [-0.25, -0.2) is 4.79 Å². The fourth-order valence-corrected chi connectivity index (χ4v) is 3.68. The lowest BCUT2D eigenvalue weighted by molar-refractivity contribution is -0.123. The van der Waals surface area contributed by atoms with E-state index < -0.39 is 34.4 Å². The van der Waals surface area contributed by atoms with Crippen LogP contribution in [0.2, 0.25) is 0 Å². The normalized spacial score (nSPS) is 12.1. The molecule has 11 heteroatoms. The number of rotatable bonds is 9. The number of nitrogens with one attached hydrogen (secondary N) is 2. The molecule has 0 saturated heterocycles. The van der Waals surface area contributed by atoms with Crippen LogP contribution in [0.15, 0.2) is 71.4 Å². The molecule has 0 spiro atoms. The molecule has 0 bridgehead atoms. The number of carbonyl (C=O) groups excluding carboxylic acids is 3. The van der Waals surface area contributed by atoms with Crippen LogP contribution in [0.5, 0.6) is 0 Å². The Morgan fingerprint density at radius 1 is 1.05 bits per heavy atom. The number of nitrogens with zero attached hydrogens (tertiary/aromatic N) is 2. The molecule has 37 heavy (non-hydrogen) atoms. The Labute approximate surface area is 225 Å². The highest BCUT2D eigenvalue weighted by Crippen LogP contribution is 2.26. The lowest BCUT2D eigenvalue weighted by atomic mass is 10.1. The Morgan fingerprint density at radius 3 is 2.41 bits per heavy atom. The van der Waals surface area contributed by atoms with Gasteiger partial charge in [0.25, 0.3) is 5.91 Å². The van der Waals surface area contributed by atoms with E-state index in [1.807, 2.05) is 0 Å². The van der Waals surface area contributed by atoms with Crippen LogP contribution in [0.3, 0.4) is 0 Å². The van der Waals surface area contributed by atoms with Gasteiger partial charge in [-0.1, -0.05) is 70.8 Å². The van der Waals surface area contributed by atoms with Crippen molar-refractivity contribution in [2.24, 2.45) is 0 Å². The highest BCUT2D eigenvalue weighted by molar-refractivity contribution is 6.54. The Balaban J connectivity index is 1.74. The predicted octanol–water partition coefficient (Wildman–Crippen LogP) is 4.86. The number of carbonyl (C=O) groups is 3. The van der Waals surface area contributed by atoms with E-state index in [-0.39, 0.29) is 13.1 Å². The smallest absolute Gasteiger partial charge is 0.408 e. The number of alkyl halides is 2. The zero-order valence-electron chi connectivity index (χ0n) is 20.6. The molecule has 3 amide bonds. The van der Waals surface area contributed by atoms with E-state index in [2.05, 4.69) is 15.8 Å². The summed E-state index contributed by atoms with van der Waals surface area (Å²) in [6.45, 7) is 5.31. The number of alkyl carbamates (subject to hydrolysis) is 1. The first-order valence-electron chi connectivity index (χ1n) is 11.5. The third-order valence-corrected chi connectivity index (χ3v) is 5.40. The standard InChI is InChI=1S/C26H28Cl2N4O5/c1-26(2,3)36-25(35)31-21(17-8-5-4-6-9-17)23(33)29-14-15-32(24(34)22(27)28)19-11-7-10-18(16-19)20-12-13-30-37-20/h4-13,16,21-22H,14-15H2,1-3H3,(H,29,33)(H,31,35). The molecule has 1 unspecified atom stereocenters. The Morgan fingerprint density at radius 2 is 1.78 bits per heavy atom. The van der Waals surface area contributed by atoms with Crippen molar-refractivity contribution in [3.63, 3.8) is 0 Å². The number of amides is 3. The number of aromatic nitrogens is 1. The van der Waals surface area contributed by atoms with Crippen LogP contribution < -0.4 is 15.5 Å². The van der Waals surface area contributed by atoms with Crippen molar-refractivity contribution in [3.05, 3.63) is 72.4 Å². The van der Waals surface area contributed by atoms with E-state index in [1.54, 1.807) is 81.4 Å². The second-order valence-electron chi connectivity index (χ2n) is 9.00. The van der Waals surface area contributed by atoms with Gasteiger partial charge in [-0.15, -0.1) is 0 Å². The van der Waals surface area contributed by atoms with Crippen molar-refractivity contribution in [1.29, 1.82) is 0 Å².